The van der Waals surface area contributed by atoms with E-state index in [0.717, 1.165) is 16.4 Å². The van der Waals surface area contributed by atoms with Gasteiger partial charge in [-0.3, -0.25) is 24.3 Å². The van der Waals surface area contributed by atoms with Crippen molar-refractivity contribution in [3.63, 3.8) is 0 Å². The average molecular weight is 343 g/mol. The molecular formula is C10H11BrN6O3. The van der Waals surface area contributed by atoms with E-state index in [9.17, 15) is 14.9 Å². The number of nitro groups is 1. The van der Waals surface area contributed by atoms with Gasteiger partial charge in [-0.25, -0.2) is 0 Å². The van der Waals surface area contributed by atoms with E-state index in [1.54, 1.807) is 17.9 Å². The minimum absolute atomic E-state index is 0.0895. The summed E-state index contributed by atoms with van der Waals surface area (Å²) < 4.78 is 3.52. The molecule has 1 amide bonds. The topological polar surface area (TPSA) is 108 Å². The van der Waals surface area contributed by atoms with Gasteiger partial charge in [0.05, 0.1) is 27.8 Å². The molecule has 0 atom stereocenters. The summed E-state index contributed by atoms with van der Waals surface area (Å²) in [7, 11) is 3.21. The van der Waals surface area contributed by atoms with Crippen LogP contribution in [-0.4, -0.2) is 30.4 Å². The van der Waals surface area contributed by atoms with Gasteiger partial charge in [0.1, 0.15) is 6.20 Å². The van der Waals surface area contributed by atoms with E-state index in [1.165, 1.54) is 11.7 Å². The zero-order chi connectivity index (χ0) is 14.9. The van der Waals surface area contributed by atoms with Crippen molar-refractivity contribution in [1.29, 1.82) is 0 Å². The molecule has 106 valence electrons. The summed E-state index contributed by atoms with van der Waals surface area (Å²) in [4.78, 5) is 22.2. The molecule has 0 aliphatic heterocycles. The molecule has 0 aliphatic carbocycles. The summed E-state index contributed by atoms with van der Waals surface area (Å²) in [5.74, 6) is -0.565. The molecule has 0 radical (unpaired) electrons. The quantitative estimate of drug-likeness (QED) is 0.651. The van der Waals surface area contributed by atoms with Crippen LogP contribution in [0.25, 0.3) is 0 Å². The summed E-state index contributed by atoms with van der Waals surface area (Å²) >= 11 is 3.31. The van der Waals surface area contributed by atoms with Gasteiger partial charge in [0.25, 0.3) is 5.91 Å². The van der Waals surface area contributed by atoms with Crippen molar-refractivity contribution in [3.8, 4) is 0 Å². The molecule has 0 saturated carbocycles. The molecule has 2 aromatic heterocycles. The number of hydrogen-bond donors (Lipinski definition) is 1. The third-order valence-corrected chi connectivity index (χ3v) is 3.42. The molecular weight excluding hydrogens is 332 g/mol. The van der Waals surface area contributed by atoms with Gasteiger partial charge in [0.2, 0.25) is 5.69 Å². The highest BCUT2D eigenvalue weighted by molar-refractivity contribution is 9.10. The highest BCUT2D eigenvalue weighted by Crippen LogP contribution is 2.18. The molecule has 0 spiro atoms. The Labute approximate surface area is 121 Å². The molecule has 1 N–H and O–H groups in total. The van der Waals surface area contributed by atoms with E-state index in [-0.39, 0.29) is 17.9 Å². The maximum absolute atomic E-state index is 12.0. The third-order valence-electron chi connectivity index (χ3n) is 2.76. The van der Waals surface area contributed by atoms with Crippen LogP contribution in [0.3, 0.4) is 0 Å². The fraction of sp³-hybridized carbons (Fsp3) is 0.300. The molecule has 0 aromatic carbocycles. The van der Waals surface area contributed by atoms with Gasteiger partial charge in [-0.2, -0.15) is 10.2 Å². The summed E-state index contributed by atoms with van der Waals surface area (Å²) in [6.45, 7) is 0.193. The number of carbonyl (C=O) groups excluding carboxylic acids is 1. The predicted molar refractivity (Wildman–Crippen MR) is 71.9 cm³/mol. The monoisotopic (exact) mass is 342 g/mol. The van der Waals surface area contributed by atoms with Crippen LogP contribution in [0.15, 0.2) is 16.9 Å². The van der Waals surface area contributed by atoms with E-state index >= 15 is 0 Å². The summed E-state index contributed by atoms with van der Waals surface area (Å²) in [6, 6.07) is 0. The minimum Gasteiger partial charge on any atom is -0.345 e. The van der Waals surface area contributed by atoms with E-state index in [2.05, 4.69) is 31.4 Å². The number of amides is 1. The molecule has 10 heteroatoms. The third kappa shape index (κ3) is 2.54. The number of aromatic nitrogens is 4. The van der Waals surface area contributed by atoms with Gasteiger partial charge < -0.3 is 5.32 Å². The molecule has 20 heavy (non-hydrogen) atoms. The Morgan fingerprint density at radius 1 is 1.40 bits per heavy atom. The van der Waals surface area contributed by atoms with Gasteiger partial charge in [-0.15, -0.1) is 0 Å². The summed E-state index contributed by atoms with van der Waals surface area (Å²) in [5, 5.41) is 21.2. The Bertz CT molecular complexity index is 657. The van der Waals surface area contributed by atoms with Crippen molar-refractivity contribution in [3.05, 3.63) is 38.4 Å². The number of halogens is 1. The molecule has 2 aromatic rings. The molecule has 0 saturated heterocycles. The molecule has 9 nitrogen and oxygen atoms in total. The Kier molecular flexibility index (Phi) is 3.84. The number of nitrogens with zero attached hydrogens (tertiary/aromatic N) is 5. The Hall–Kier alpha value is -2.23. The zero-order valence-corrected chi connectivity index (χ0v) is 12.3. The highest BCUT2D eigenvalue weighted by atomic mass is 79.9. The van der Waals surface area contributed by atoms with Crippen LogP contribution >= 0.6 is 15.9 Å². The van der Waals surface area contributed by atoms with Gasteiger partial charge in [0.15, 0.2) is 0 Å². The number of aryl methyl sites for hydroxylation is 2. The van der Waals surface area contributed by atoms with Crippen LogP contribution in [0.1, 0.15) is 16.2 Å². The minimum atomic E-state index is -0.637. The second-order valence-corrected chi connectivity index (χ2v) is 4.86. The standard InChI is InChI=1S/C10H11BrN6O3/c1-15-7(6(11)3-13-15)4-12-10(18)9-8(17(19)20)5-14-16(9)2/h3,5H,4H2,1-2H3,(H,12,18). The molecule has 0 fully saturated rings. The van der Waals surface area contributed by atoms with Crippen molar-refractivity contribution in [2.75, 3.05) is 0 Å². The first-order chi connectivity index (χ1) is 9.41. The van der Waals surface area contributed by atoms with Gasteiger partial charge in [0, 0.05) is 14.1 Å². The van der Waals surface area contributed by atoms with Crippen molar-refractivity contribution in [2.24, 2.45) is 14.1 Å². The maximum Gasteiger partial charge on any atom is 0.320 e. The fourth-order valence-corrected chi connectivity index (χ4v) is 2.19. The van der Waals surface area contributed by atoms with Crippen LogP contribution in [0.5, 0.6) is 0 Å². The van der Waals surface area contributed by atoms with Crippen LogP contribution in [-0.2, 0) is 20.6 Å². The average Bonchev–Trinajstić information content (AvgIpc) is 2.91. The Balaban J connectivity index is 2.17. The number of nitrogens with one attached hydrogen (secondary N) is 1. The molecule has 2 heterocycles. The zero-order valence-electron chi connectivity index (χ0n) is 10.7. The molecule has 0 aliphatic rings. The van der Waals surface area contributed by atoms with Crippen LogP contribution in [0.2, 0.25) is 0 Å². The van der Waals surface area contributed by atoms with Crippen molar-refractivity contribution in [1.82, 2.24) is 24.9 Å². The van der Waals surface area contributed by atoms with E-state index < -0.39 is 10.8 Å². The lowest BCUT2D eigenvalue weighted by atomic mass is 10.3. The lowest BCUT2D eigenvalue weighted by Gasteiger charge is -2.06. The molecule has 0 unspecified atom stereocenters. The first-order valence-electron chi connectivity index (χ1n) is 5.52. The van der Waals surface area contributed by atoms with Crippen molar-refractivity contribution < 1.29 is 9.72 Å². The summed E-state index contributed by atoms with van der Waals surface area (Å²) in [6.07, 6.45) is 2.66. The summed E-state index contributed by atoms with van der Waals surface area (Å²) in [5.41, 5.74) is 0.338. The predicted octanol–water partition coefficient (Wildman–Crippen LogP) is 0.754. The van der Waals surface area contributed by atoms with Gasteiger partial charge >= 0.3 is 5.69 Å². The van der Waals surface area contributed by atoms with Crippen LogP contribution < -0.4 is 5.32 Å². The second kappa shape index (κ2) is 5.41. The maximum atomic E-state index is 12.0. The lowest BCUT2D eigenvalue weighted by molar-refractivity contribution is -0.385. The largest absolute Gasteiger partial charge is 0.345 e. The number of carbonyl (C=O) groups is 1. The normalized spacial score (nSPS) is 10.6. The van der Waals surface area contributed by atoms with Gasteiger partial charge in [-0.05, 0) is 15.9 Å². The lowest BCUT2D eigenvalue weighted by Crippen LogP contribution is -2.27. The Morgan fingerprint density at radius 3 is 2.60 bits per heavy atom. The van der Waals surface area contributed by atoms with E-state index in [1.807, 2.05) is 0 Å². The molecule has 2 rings (SSSR count). The van der Waals surface area contributed by atoms with E-state index in [4.69, 9.17) is 0 Å². The van der Waals surface area contributed by atoms with Crippen molar-refractivity contribution >= 4 is 27.5 Å². The first kappa shape index (κ1) is 14.2. The van der Waals surface area contributed by atoms with Gasteiger partial charge in [-0.1, -0.05) is 0 Å². The second-order valence-electron chi connectivity index (χ2n) is 4.00. The Morgan fingerprint density at radius 2 is 2.05 bits per heavy atom. The van der Waals surface area contributed by atoms with Crippen LogP contribution in [0, 0.1) is 10.1 Å². The smallest absolute Gasteiger partial charge is 0.320 e. The SMILES string of the molecule is Cn1ncc(Br)c1CNC(=O)c1c([N+](=O)[O-])cnn1C. The van der Waals surface area contributed by atoms with Crippen LogP contribution in [0.4, 0.5) is 5.69 Å². The number of rotatable bonds is 4. The van der Waals surface area contributed by atoms with Crippen molar-refractivity contribution in [2.45, 2.75) is 6.54 Å². The number of hydrogen-bond acceptors (Lipinski definition) is 5. The molecule has 0 bridgehead atoms. The first-order valence-corrected chi connectivity index (χ1v) is 6.32. The fourth-order valence-electron chi connectivity index (χ4n) is 1.71. The highest BCUT2D eigenvalue weighted by Gasteiger charge is 2.25. The van der Waals surface area contributed by atoms with E-state index in [0.29, 0.717) is 0 Å².